The Morgan fingerprint density at radius 1 is 1.00 bits per heavy atom. The number of hydrazine groups is 1. The van der Waals surface area contributed by atoms with Crippen molar-refractivity contribution in [1.29, 1.82) is 0 Å². The molecule has 2 aliphatic heterocycles. The Balaban J connectivity index is 1.10. The lowest BCUT2D eigenvalue weighted by Gasteiger charge is -2.37. The van der Waals surface area contributed by atoms with E-state index in [1.807, 2.05) is 37.3 Å². The zero-order valence-electron chi connectivity index (χ0n) is 21.6. The molecule has 39 heavy (non-hydrogen) atoms. The Morgan fingerprint density at radius 3 is 2.15 bits per heavy atom. The molecule has 0 spiro atoms. The molecule has 3 aromatic rings. The number of rotatable bonds is 7. The average Bonchev–Trinajstić information content (AvgIpc) is 3.33. The van der Waals surface area contributed by atoms with Crippen molar-refractivity contribution in [2.24, 2.45) is 11.6 Å². The van der Waals surface area contributed by atoms with Crippen molar-refractivity contribution in [1.82, 2.24) is 0 Å². The third kappa shape index (κ3) is 6.18. The smallest absolute Gasteiger partial charge is 0.333 e. The molecule has 2 fully saturated rings. The van der Waals surface area contributed by atoms with Crippen LogP contribution in [0, 0.1) is 0 Å². The highest BCUT2D eigenvalue weighted by Crippen LogP contribution is 2.38. The van der Waals surface area contributed by atoms with Crippen LogP contribution < -0.4 is 31.1 Å². The van der Waals surface area contributed by atoms with Crippen LogP contribution in [0.2, 0.25) is 10.0 Å². The molecule has 2 saturated heterocycles. The Labute approximate surface area is 237 Å². The number of benzene rings is 3. The minimum Gasteiger partial charge on any atom is -0.491 e. The number of primary amides is 1. The Morgan fingerprint density at radius 2 is 1.59 bits per heavy atom. The second kappa shape index (κ2) is 11.5. The maximum Gasteiger partial charge on any atom is 0.333 e. The number of piperazine rings is 1. The first-order valence-electron chi connectivity index (χ1n) is 12.7. The van der Waals surface area contributed by atoms with Crippen LogP contribution in [-0.4, -0.2) is 51.5 Å². The zero-order valence-corrected chi connectivity index (χ0v) is 23.1. The molecular formula is C28H31Cl2N5O4. The summed E-state index contributed by atoms with van der Waals surface area (Å²) in [6.45, 7) is 6.11. The summed E-state index contributed by atoms with van der Waals surface area (Å²) >= 11 is 12.4. The second-order valence-electron chi connectivity index (χ2n) is 9.62. The first-order chi connectivity index (χ1) is 18.7. The number of carbonyl (C=O) groups is 1. The first kappa shape index (κ1) is 27.4. The number of amides is 2. The van der Waals surface area contributed by atoms with E-state index < -0.39 is 11.8 Å². The Bertz CT molecular complexity index is 1300. The largest absolute Gasteiger partial charge is 0.491 e. The lowest BCUT2D eigenvalue weighted by molar-refractivity contribution is -0.164. The van der Waals surface area contributed by atoms with Crippen LogP contribution in [0.15, 0.2) is 66.7 Å². The van der Waals surface area contributed by atoms with Gasteiger partial charge in [-0.25, -0.2) is 15.6 Å². The summed E-state index contributed by atoms with van der Waals surface area (Å²) in [5, 5.41) is 2.00. The molecule has 0 radical (unpaired) electrons. The fourth-order valence-corrected chi connectivity index (χ4v) is 5.42. The van der Waals surface area contributed by atoms with Crippen LogP contribution in [0.4, 0.5) is 21.9 Å². The Kier molecular flexibility index (Phi) is 8.06. The molecule has 206 valence electrons. The summed E-state index contributed by atoms with van der Waals surface area (Å²) in [5.41, 5.74) is 8.74. The number of hydrogen-bond acceptors (Lipinski definition) is 7. The van der Waals surface area contributed by atoms with Gasteiger partial charge in [0, 0.05) is 48.1 Å². The normalized spacial score (nSPS) is 21.2. The van der Waals surface area contributed by atoms with Crippen LogP contribution in [0.5, 0.6) is 5.75 Å². The summed E-state index contributed by atoms with van der Waals surface area (Å²) in [6, 6.07) is 20.2. The van der Waals surface area contributed by atoms with Crippen molar-refractivity contribution in [3.05, 3.63) is 82.3 Å². The maximum atomic E-state index is 11.2. The lowest BCUT2D eigenvalue weighted by atomic mass is 10.1. The van der Waals surface area contributed by atoms with Gasteiger partial charge in [0.1, 0.15) is 18.5 Å². The van der Waals surface area contributed by atoms with Gasteiger partial charge < -0.3 is 29.7 Å². The molecule has 0 aromatic heterocycles. The van der Waals surface area contributed by atoms with Crippen LogP contribution >= 0.6 is 23.2 Å². The fraction of sp³-hybridized carbons (Fsp3) is 0.321. The van der Waals surface area contributed by atoms with Crippen LogP contribution in [0.3, 0.4) is 0 Å². The number of carbonyl (C=O) groups excluding carboxylic acids is 1. The molecule has 5 rings (SSSR count). The summed E-state index contributed by atoms with van der Waals surface area (Å²) in [5.74, 6) is 5.48. The Hall–Kier alpha value is -3.21. The second-order valence-corrected chi connectivity index (χ2v) is 10.5. The molecule has 2 atom stereocenters. The molecule has 2 aliphatic rings. The lowest BCUT2D eigenvalue weighted by Crippen LogP contribution is -2.46. The van der Waals surface area contributed by atoms with E-state index in [0.717, 1.165) is 53.9 Å². The van der Waals surface area contributed by atoms with Crippen molar-refractivity contribution in [2.75, 3.05) is 54.2 Å². The van der Waals surface area contributed by atoms with Gasteiger partial charge in [-0.2, -0.15) is 0 Å². The first-order valence-corrected chi connectivity index (χ1v) is 13.4. The van der Waals surface area contributed by atoms with Crippen molar-refractivity contribution in [2.45, 2.75) is 18.8 Å². The third-order valence-corrected chi connectivity index (χ3v) is 7.55. The van der Waals surface area contributed by atoms with Gasteiger partial charge in [-0.1, -0.05) is 29.3 Å². The molecule has 2 heterocycles. The van der Waals surface area contributed by atoms with E-state index in [4.69, 9.17) is 49.0 Å². The average molecular weight is 572 g/mol. The predicted molar refractivity (Wildman–Crippen MR) is 154 cm³/mol. The molecule has 0 bridgehead atoms. The van der Waals surface area contributed by atoms with E-state index in [9.17, 15) is 4.79 Å². The van der Waals surface area contributed by atoms with Crippen LogP contribution in [0.1, 0.15) is 12.5 Å². The monoisotopic (exact) mass is 571 g/mol. The molecule has 4 N–H and O–H groups in total. The van der Waals surface area contributed by atoms with E-state index in [1.165, 1.54) is 0 Å². The van der Waals surface area contributed by atoms with Gasteiger partial charge >= 0.3 is 6.03 Å². The van der Waals surface area contributed by atoms with Gasteiger partial charge in [0.2, 0.25) is 0 Å². The van der Waals surface area contributed by atoms with Crippen LogP contribution in [-0.2, 0) is 15.3 Å². The van der Waals surface area contributed by atoms with E-state index in [0.29, 0.717) is 28.9 Å². The minimum atomic E-state index is -0.946. The number of anilines is 3. The van der Waals surface area contributed by atoms with Gasteiger partial charge in [-0.05, 0) is 67.6 Å². The highest BCUT2D eigenvalue weighted by atomic mass is 35.5. The summed E-state index contributed by atoms with van der Waals surface area (Å²) < 4.78 is 18.1. The molecule has 2 amide bonds. The summed E-state index contributed by atoms with van der Waals surface area (Å²) in [6.07, 6.45) is -0.229. The highest BCUT2D eigenvalue weighted by molar-refractivity contribution is 6.35. The number of ether oxygens (including phenoxy) is 3. The van der Waals surface area contributed by atoms with E-state index in [1.54, 1.807) is 24.3 Å². The SMILES string of the molecule is C[C@]1(c2ccc(Cl)cc2Cl)OC[C@@H](COc2ccc(N3CCN(c4ccc(N(N)C(N)=O)cc4)CC3)cc2)O1. The topological polar surface area (TPSA) is 107 Å². The molecule has 0 saturated carbocycles. The number of nitrogens with zero attached hydrogens (tertiary/aromatic N) is 3. The fourth-order valence-electron chi connectivity index (χ4n) is 4.84. The van der Waals surface area contributed by atoms with E-state index in [2.05, 4.69) is 21.9 Å². The number of urea groups is 1. The van der Waals surface area contributed by atoms with Crippen molar-refractivity contribution >= 4 is 46.3 Å². The molecule has 0 aliphatic carbocycles. The molecule has 3 aromatic carbocycles. The number of nitrogens with two attached hydrogens (primary N) is 2. The van der Waals surface area contributed by atoms with Gasteiger partial charge in [-0.15, -0.1) is 0 Å². The predicted octanol–water partition coefficient (Wildman–Crippen LogP) is 4.75. The van der Waals surface area contributed by atoms with Gasteiger partial charge in [0.15, 0.2) is 5.79 Å². The van der Waals surface area contributed by atoms with E-state index in [-0.39, 0.29) is 6.10 Å². The van der Waals surface area contributed by atoms with Gasteiger partial charge in [0.25, 0.3) is 0 Å². The van der Waals surface area contributed by atoms with Crippen LogP contribution in [0.25, 0.3) is 0 Å². The quantitative estimate of drug-likeness (QED) is 0.239. The minimum absolute atomic E-state index is 0.229. The number of hydrogen-bond donors (Lipinski definition) is 2. The van der Waals surface area contributed by atoms with E-state index >= 15 is 0 Å². The van der Waals surface area contributed by atoms with Crippen molar-refractivity contribution in [3.63, 3.8) is 0 Å². The molecule has 0 unspecified atom stereocenters. The summed E-state index contributed by atoms with van der Waals surface area (Å²) in [4.78, 5) is 15.9. The van der Waals surface area contributed by atoms with Gasteiger partial charge in [0.05, 0.1) is 17.3 Å². The molecule has 11 heteroatoms. The zero-order chi connectivity index (χ0) is 27.6. The highest BCUT2D eigenvalue weighted by Gasteiger charge is 2.40. The standard InChI is InChI=1S/C28H31Cl2N5O4/c1-28(25-11-2-19(29)16-26(25)30)38-18-24(39-28)17-37-23-9-7-21(8-10-23)34-14-12-33(13-15-34)20-3-5-22(6-4-20)35(32)27(31)36/h2-11,16,24H,12-15,17-18,32H2,1H3,(H2,31,36)/t24-,28+/m1/s1. The van der Waals surface area contributed by atoms with Crippen molar-refractivity contribution in [3.8, 4) is 5.75 Å². The molecular weight excluding hydrogens is 541 g/mol. The third-order valence-electron chi connectivity index (χ3n) is 7.00. The number of halogens is 2. The van der Waals surface area contributed by atoms with Crippen molar-refractivity contribution < 1.29 is 19.0 Å². The molecule has 9 nitrogen and oxygen atoms in total. The maximum absolute atomic E-state index is 11.2. The summed E-state index contributed by atoms with van der Waals surface area (Å²) in [7, 11) is 0. The van der Waals surface area contributed by atoms with Gasteiger partial charge in [-0.3, -0.25) is 0 Å².